The average Bonchev–Trinajstić information content (AvgIpc) is 2.57. The van der Waals surface area contributed by atoms with Crippen LogP contribution in [0, 0.1) is 5.41 Å². The van der Waals surface area contributed by atoms with Gasteiger partial charge in [0, 0.05) is 38.0 Å². The van der Waals surface area contributed by atoms with E-state index >= 15 is 0 Å². The Kier molecular flexibility index (Phi) is 6.29. The van der Waals surface area contributed by atoms with Crippen LogP contribution in [0.4, 0.5) is 17.6 Å². The molecule has 9 heteroatoms. The summed E-state index contributed by atoms with van der Waals surface area (Å²) < 4.78 is 54.3. The van der Waals surface area contributed by atoms with Crippen molar-refractivity contribution in [3.05, 3.63) is 0 Å². The lowest BCUT2D eigenvalue weighted by molar-refractivity contribution is -0.172. The van der Waals surface area contributed by atoms with Gasteiger partial charge >= 0.3 is 12.3 Å². The van der Waals surface area contributed by atoms with Gasteiger partial charge in [-0.05, 0) is 26.2 Å². The van der Waals surface area contributed by atoms with Gasteiger partial charge in [0.2, 0.25) is 11.8 Å². The maximum atomic E-state index is 12.8. The number of carbonyl (C=O) groups excluding carboxylic acids is 2. The topological polar surface area (TPSA) is 49.9 Å². The third-order valence-electron chi connectivity index (χ3n) is 4.98. The number of ether oxygens (including phenoxy) is 1. The van der Waals surface area contributed by atoms with Crippen LogP contribution in [-0.2, 0) is 14.3 Å². The number of hydrogen-bond donors (Lipinski definition) is 0. The van der Waals surface area contributed by atoms with Gasteiger partial charge in [-0.1, -0.05) is 0 Å². The van der Waals surface area contributed by atoms with Gasteiger partial charge in [0.05, 0.1) is 0 Å². The van der Waals surface area contributed by atoms with Gasteiger partial charge in [-0.15, -0.1) is 0 Å². The first-order valence-corrected chi connectivity index (χ1v) is 8.48. The molecule has 2 fully saturated rings. The Balaban J connectivity index is 1.88. The molecule has 0 saturated carbocycles. The van der Waals surface area contributed by atoms with Gasteiger partial charge in [-0.3, -0.25) is 9.59 Å². The van der Waals surface area contributed by atoms with Crippen LogP contribution < -0.4 is 0 Å². The monoisotopic (exact) mass is 368 g/mol. The summed E-state index contributed by atoms with van der Waals surface area (Å²) in [5, 5.41) is 0. The molecule has 25 heavy (non-hydrogen) atoms. The first-order chi connectivity index (χ1) is 11.7. The van der Waals surface area contributed by atoms with Crippen molar-refractivity contribution in [1.82, 2.24) is 9.80 Å². The van der Waals surface area contributed by atoms with Crippen LogP contribution in [0.25, 0.3) is 0 Å². The lowest BCUT2D eigenvalue weighted by Crippen LogP contribution is -2.55. The molecule has 144 valence electrons. The van der Waals surface area contributed by atoms with Crippen molar-refractivity contribution >= 4 is 11.8 Å². The van der Waals surface area contributed by atoms with E-state index in [1.807, 2.05) is 6.92 Å². The van der Waals surface area contributed by atoms with Crippen LogP contribution in [0.2, 0.25) is 0 Å². The van der Waals surface area contributed by atoms with Crippen LogP contribution in [0.1, 0.15) is 32.6 Å². The molecule has 2 saturated heterocycles. The zero-order valence-electron chi connectivity index (χ0n) is 14.3. The van der Waals surface area contributed by atoms with Crippen molar-refractivity contribution in [3.8, 4) is 0 Å². The number of likely N-dealkylation sites (tertiary alicyclic amines) is 2. The Morgan fingerprint density at radius 3 is 2.68 bits per heavy atom. The van der Waals surface area contributed by atoms with Crippen LogP contribution in [0.5, 0.6) is 0 Å². The molecule has 1 spiro atoms. The predicted octanol–water partition coefficient (Wildman–Crippen LogP) is 2.15. The molecule has 2 aliphatic heterocycles. The number of piperidine rings is 2. The van der Waals surface area contributed by atoms with E-state index in [0.29, 0.717) is 39.0 Å². The summed E-state index contributed by atoms with van der Waals surface area (Å²) in [6.45, 7) is 1.89. The van der Waals surface area contributed by atoms with Gasteiger partial charge in [-0.2, -0.15) is 8.78 Å². The van der Waals surface area contributed by atoms with Crippen molar-refractivity contribution in [2.45, 2.75) is 45.0 Å². The van der Waals surface area contributed by atoms with Crippen LogP contribution in [0.3, 0.4) is 0 Å². The number of halogens is 4. The van der Waals surface area contributed by atoms with E-state index < -0.39 is 31.5 Å². The number of amides is 2. The normalized spacial score (nSPS) is 25.1. The molecule has 2 heterocycles. The Hall–Kier alpha value is -1.38. The fourth-order valence-corrected chi connectivity index (χ4v) is 3.57. The van der Waals surface area contributed by atoms with Crippen molar-refractivity contribution in [2.24, 2.45) is 5.41 Å². The van der Waals surface area contributed by atoms with Crippen molar-refractivity contribution in [1.29, 1.82) is 0 Å². The van der Waals surface area contributed by atoms with Gasteiger partial charge in [-0.25, -0.2) is 8.78 Å². The number of rotatable bonds is 6. The molecular weight excluding hydrogens is 344 g/mol. The molecule has 0 aromatic carbocycles. The molecule has 2 amide bonds. The lowest BCUT2D eigenvalue weighted by atomic mass is 9.73. The zero-order chi connectivity index (χ0) is 18.7. The molecule has 5 nitrogen and oxygen atoms in total. The SMILES string of the molecule is CCN1C[C@]2(CCCN(C(=O)COCC(F)(F)C(F)F)C2)CCC1=O. The highest BCUT2D eigenvalue weighted by molar-refractivity contribution is 5.78. The molecular formula is C16H24F4N2O3. The van der Waals surface area contributed by atoms with E-state index in [9.17, 15) is 27.2 Å². The van der Waals surface area contributed by atoms with E-state index in [4.69, 9.17) is 0 Å². The molecule has 2 rings (SSSR count). The highest BCUT2D eigenvalue weighted by Crippen LogP contribution is 2.38. The van der Waals surface area contributed by atoms with Crippen molar-refractivity contribution < 1.29 is 31.9 Å². The summed E-state index contributed by atoms with van der Waals surface area (Å²) in [7, 11) is 0. The van der Waals surface area contributed by atoms with E-state index in [0.717, 1.165) is 12.8 Å². The molecule has 0 aromatic rings. The van der Waals surface area contributed by atoms with Crippen molar-refractivity contribution in [2.75, 3.05) is 39.4 Å². The molecule has 0 N–H and O–H groups in total. The predicted molar refractivity (Wildman–Crippen MR) is 81.5 cm³/mol. The molecule has 0 unspecified atom stereocenters. The third-order valence-corrected chi connectivity index (χ3v) is 4.98. The van der Waals surface area contributed by atoms with E-state index in [1.54, 1.807) is 4.90 Å². The second-order valence-electron chi connectivity index (χ2n) is 6.88. The van der Waals surface area contributed by atoms with Crippen LogP contribution in [0.15, 0.2) is 0 Å². The summed E-state index contributed by atoms with van der Waals surface area (Å²) in [5.74, 6) is -4.63. The summed E-state index contributed by atoms with van der Waals surface area (Å²) >= 11 is 0. The summed E-state index contributed by atoms with van der Waals surface area (Å²) in [6, 6.07) is 0. The average molecular weight is 368 g/mol. The fraction of sp³-hybridized carbons (Fsp3) is 0.875. The van der Waals surface area contributed by atoms with Gasteiger partial charge in [0.15, 0.2) is 0 Å². The number of hydrogen-bond acceptors (Lipinski definition) is 3. The van der Waals surface area contributed by atoms with Crippen molar-refractivity contribution in [3.63, 3.8) is 0 Å². The van der Waals surface area contributed by atoms with E-state index in [1.165, 1.54) is 4.90 Å². The first kappa shape index (κ1) is 19.9. The lowest BCUT2D eigenvalue weighted by Gasteiger charge is -2.48. The van der Waals surface area contributed by atoms with E-state index in [2.05, 4.69) is 4.74 Å². The Bertz CT molecular complexity index is 504. The fourth-order valence-electron chi connectivity index (χ4n) is 3.57. The number of carbonyl (C=O) groups is 2. The van der Waals surface area contributed by atoms with E-state index in [-0.39, 0.29) is 11.3 Å². The largest absolute Gasteiger partial charge is 0.365 e. The molecule has 1 atom stereocenters. The van der Waals surface area contributed by atoms with Gasteiger partial charge in [0.25, 0.3) is 0 Å². The minimum atomic E-state index is -4.26. The summed E-state index contributed by atoms with van der Waals surface area (Å²) in [6.07, 6.45) is -1.04. The van der Waals surface area contributed by atoms with Gasteiger partial charge < -0.3 is 14.5 Å². The summed E-state index contributed by atoms with van der Waals surface area (Å²) in [5.41, 5.74) is -0.176. The highest BCUT2D eigenvalue weighted by atomic mass is 19.3. The quantitative estimate of drug-likeness (QED) is 0.675. The molecule has 2 aliphatic rings. The highest BCUT2D eigenvalue weighted by Gasteiger charge is 2.43. The van der Waals surface area contributed by atoms with Crippen LogP contribution >= 0.6 is 0 Å². The molecule has 0 aliphatic carbocycles. The van der Waals surface area contributed by atoms with Gasteiger partial charge in [0.1, 0.15) is 13.2 Å². The number of alkyl halides is 4. The molecule has 0 bridgehead atoms. The minimum Gasteiger partial charge on any atom is -0.365 e. The molecule has 0 aromatic heterocycles. The number of nitrogens with zero attached hydrogens (tertiary/aromatic N) is 2. The standard InChI is InChI=1S/C16H24F4N2O3/c1-2-21-9-15(6-4-12(21)23)5-3-7-22(10-15)13(24)8-25-11-16(19,20)14(17)18/h14H,2-11H2,1H3/t15-/m0/s1. The Morgan fingerprint density at radius 2 is 2.04 bits per heavy atom. The Morgan fingerprint density at radius 1 is 1.32 bits per heavy atom. The Labute approximate surface area is 144 Å². The molecule has 0 radical (unpaired) electrons. The van der Waals surface area contributed by atoms with Crippen LogP contribution in [-0.4, -0.2) is 73.4 Å². The summed E-state index contributed by atoms with van der Waals surface area (Å²) in [4.78, 5) is 27.3. The minimum absolute atomic E-state index is 0.106. The third kappa shape index (κ3) is 4.83. The second-order valence-corrected chi connectivity index (χ2v) is 6.88. The zero-order valence-corrected chi connectivity index (χ0v) is 14.3. The maximum Gasteiger partial charge on any atom is 0.330 e. The smallest absolute Gasteiger partial charge is 0.330 e. The maximum absolute atomic E-state index is 12.8. The second kappa shape index (κ2) is 7.88. The first-order valence-electron chi connectivity index (χ1n) is 8.48.